The summed E-state index contributed by atoms with van der Waals surface area (Å²) in [5.74, 6) is 0.744. The minimum absolute atomic E-state index is 0.0286. The van der Waals surface area contributed by atoms with Crippen molar-refractivity contribution in [3.8, 4) is 17.5 Å². The second-order valence-corrected chi connectivity index (χ2v) is 6.68. The molecular formula is C17H13ClN4O3S. The molecule has 0 saturated heterocycles. The Labute approximate surface area is 158 Å². The lowest BCUT2D eigenvalue weighted by atomic mass is 10.2. The molecule has 132 valence electrons. The van der Waals surface area contributed by atoms with E-state index >= 15 is 0 Å². The van der Waals surface area contributed by atoms with E-state index in [1.807, 2.05) is 6.07 Å². The lowest BCUT2D eigenvalue weighted by Crippen LogP contribution is -2.14. The zero-order valence-electron chi connectivity index (χ0n) is 13.9. The zero-order chi connectivity index (χ0) is 18.7. The van der Waals surface area contributed by atoms with Crippen LogP contribution in [-0.4, -0.2) is 21.9 Å². The maximum absolute atomic E-state index is 12.1. The van der Waals surface area contributed by atoms with Gasteiger partial charge in [-0.25, -0.2) is 0 Å². The third-order valence-corrected chi connectivity index (χ3v) is 4.61. The van der Waals surface area contributed by atoms with Gasteiger partial charge in [-0.05, 0) is 32.0 Å². The Bertz CT molecular complexity index is 1010. The molecule has 1 N–H and O–H groups in total. The van der Waals surface area contributed by atoms with Crippen molar-refractivity contribution in [2.45, 2.75) is 19.1 Å². The summed E-state index contributed by atoms with van der Waals surface area (Å²) in [5, 5.41) is 20.4. The van der Waals surface area contributed by atoms with Gasteiger partial charge in [0.25, 0.3) is 5.22 Å². The molecule has 0 atom stereocenters. The number of hydrogen-bond acceptors (Lipinski definition) is 7. The number of amides is 1. The molecule has 2 heterocycles. The quantitative estimate of drug-likeness (QED) is 0.653. The van der Waals surface area contributed by atoms with Crippen LogP contribution in [0.2, 0.25) is 5.02 Å². The lowest BCUT2D eigenvalue weighted by molar-refractivity contribution is -0.113. The molecular weight excluding hydrogens is 376 g/mol. The predicted molar refractivity (Wildman–Crippen MR) is 97.0 cm³/mol. The van der Waals surface area contributed by atoms with E-state index in [2.05, 4.69) is 15.5 Å². The Morgan fingerprint density at radius 1 is 1.35 bits per heavy atom. The normalized spacial score (nSPS) is 10.5. The van der Waals surface area contributed by atoms with Crippen LogP contribution >= 0.6 is 23.4 Å². The van der Waals surface area contributed by atoms with Gasteiger partial charge in [-0.1, -0.05) is 29.4 Å². The van der Waals surface area contributed by atoms with Gasteiger partial charge in [-0.15, -0.1) is 10.2 Å². The molecule has 0 unspecified atom stereocenters. The van der Waals surface area contributed by atoms with Gasteiger partial charge in [-0.2, -0.15) is 5.26 Å². The summed E-state index contributed by atoms with van der Waals surface area (Å²) in [6.45, 7) is 3.49. The Kier molecular flexibility index (Phi) is 5.30. The average molecular weight is 389 g/mol. The van der Waals surface area contributed by atoms with Crippen LogP contribution in [0, 0.1) is 25.2 Å². The van der Waals surface area contributed by atoms with Crippen molar-refractivity contribution in [1.29, 1.82) is 5.26 Å². The van der Waals surface area contributed by atoms with Crippen LogP contribution in [0.3, 0.4) is 0 Å². The van der Waals surface area contributed by atoms with E-state index in [9.17, 15) is 4.79 Å². The Balaban J connectivity index is 1.62. The smallest absolute Gasteiger partial charge is 0.277 e. The highest BCUT2D eigenvalue weighted by Crippen LogP contribution is 2.27. The van der Waals surface area contributed by atoms with E-state index in [4.69, 9.17) is 25.7 Å². The fraction of sp³-hybridized carbons (Fsp3) is 0.176. The predicted octanol–water partition coefficient (Wildman–Crippen LogP) is 4.20. The summed E-state index contributed by atoms with van der Waals surface area (Å²) < 4.78 is 10.9. The molecule has 0 aliphatic carbocycles. The van der Waals surface area contributed by atoms with E-state index < -0.39 is 0 Å². The zero-order valence-corrected chi connectivity index (χ0v) is 15.4. The van der Waals surface area contributed by atoms with Gasteiger partial charge in [0.05, 0.1) is 5.75 Å². The van der Waals surface area contributed by atoms with Gasteiger partial charge in [0, 0.05) is 16.1 Å². The first-order valence-corrected chi connectivity index (χ1v) is 8.86. The second-order valence-electron chi connectivity index (χ2n) is 5.32. The minimum atomic E-state index is -0.345. The van der Waals surface area contributed by atoms with Crippen molar-refractivity contribution in [2.24, 2.45) is 0 Å². The molecule has 26 heavy (non-hydrogen) atoms. The molecule has 0 spiro atoms. The highest BCUT2D eigenvalue weighted by molar-refractivity contribution is 7.99. The maximum atomic E-state index is 12.1. The van der Waals surface area contributed by atoms with E-state index in [1.165, 1.54) is 0 Å². The SMILES string of the molecule is Cc1oc(NC(=O)CSc2nnc(-c3cccc(Cl)c3)o2)c(C#N)c1C. The number of nitrogens with zero attached hydrogens (tertiary/aromatic N) is 3. The van der Waals surface area contributed by atoms with Crippen LogP contribution in [-0.2, 0) is 4.79 Å². The van der Waals surface area contributed by atoms with Crippen molar-refractivity contribution in [1.82, 2.24) is 10.2 Å². The molecule has 3 rings (SSSR count). The first-order chi connectivity index (χ1) is 12.5. The molecule has 0 radical (unpaired) electrons. The number of carbonyl (C=O) groups excluding carboxylic acids is 1. The number of carbonyl (C=O) groups is 1. The molecule has 0 saturated carbocycles. The van der Waals surface area contributed by atoms with Gasteiger partial charge in [0.2, 0.25) is 17.7 Å². The summed E-state index contributed by atoms with van der Waals surface area (Å²) in [6.07, 6.45) is 0. The Hall–Kier alpha value is -2.76. The number of nitrogens with one attached hydrogen (secondary N) is 1. The summed E-state index contributed by atoms with van der Waals surface area (Å²) in [6, 6.07) is 9.05. The van der Waals surface area contributed by atoms with Crippen LogP contribution in [0.15, 0.2) is 38.3 Å². The van der Waals surface area contributed by atoms with Gasteiger partial charge in [0.1, 0.15) is 17.4 Å². The van der Waals surface area contributed by atoms with Crippen molar-refractivity contribution >= 4 is 35.2 Å². The first-order valence-electron chi connectivity index (χ1n) is 7.50. The van der Waals surface area contributed by atoms with Crippen LogP contribution < -0.4 is 5.32 Å². The summed E-state index contributed by atoms with van der Waals surface area (Å²) in [5.41, 5.74) is 1.72. The van der Waals surface area contributed by atoms with Crippen molar-refractivity contribution < 1.29 is 13.6 Å². The molecule has 9 heteroatoms. The van der Waals surface area contributed by atoms with E-state index in [0.717, 1.165) is 11.8 Å². The number of rotatable bonds is 5. The number of nitriles is 1. The van der Waals surface area contributed by atoms with Gasteiger partial charge in [-0.3, -0.25) is 10.1 Å². The van der Waals surface area contributed by atoms with Gasteiger partial charge in [0.15, 0.2) is 0 Å². The Morgan fingerprint density at radius 3 is 2.88 bits per heavy atom. The Morgan fingerprint density at radius 2 is 2.15 bits per heavy atom. The second kappa shape index (κ2) is 7.64. The number of benzene rings is 1. The molecule has 1 aromatic carbocycles. The van der Waals surface area contributed by atoms with Crippen LogP contribution in [0.5, 0.6) is 0 Å². The molecule has 0 bridgehead atoms. The largest absolute Gasteiger partial charge is 0.444 e. The molecule has 0 fully saturated rings. The summed E-state index contributed by atoms with van der Waals surface area (Å²) in [7, 11) is 0. The summed E-state index contributed by atoms with van der Waals surface area (Å²) in [4.78, 5) is 12.1. The molecule has 0 aliphatic rings. The van der Waals surface area contributed by atoms with E-state index in [1.54, 1.807) is 38.1 Å². The minimum Gasteiger partial charge on any atom is -0.444 e. The number of aromatic nitrogens is 2. The number of furan rings is 1. The van der Waals surface area contributed by atoms with E-state index in [-0.39, 0.29) is 22.8 Å². The topological polar surface area (TPSA) is 105 Å². The fourth-order valence-electron chi connectivity index (χ4n) is 2.15. The first kappa shape index (κ1) is 18.0. The lowest BCUT2D eigenvalue weighted by Gasteiger charge is -2.00. The van der Waals surface area contributed by atoms with Crippen molar-refractivity contribution in [3.05, 3.63) is 46.2 Å². The standard InChI is InChI=1S/C17H13ClN4O3S/c1-9-10(2)24-16(13(9)7-19)20-14(23)8-26-17-22-21-15(25-17)11-4-3-5-12(18)6-11/h3-6H,8H2,1-2H3,(H,20,23). The molecule has 2 aromatic heterocycles. The number of anilines is 1. The average Bonchev–Trinajstić information content (AvgIpc) is 3.18. The molecule has 0 aliphatic heterocycles. The fourth-order valence-corrected chi connectivity index (χ4v) is 2.90. The molecule has 3 aromatic rings. The van der Waals surface area contributed by atoms with Crippen molar-refractivity contribution in [3.63, 3.8) is 0 Å². The number of hydrogen-bond donors (Lipinski definition) is 1. The van der Waals surface area contributed by atoms with E-state index in [0.29, 0.717) is 33.4 Å². The monoisotopic (exact) mass is 388 g/mol. The number of halogens is 1. The number of aryl methyl sites for hydroxylation is 1. The third-order valence-electron chi connectivity index (χ3n) is 3.55. The number of thioether (sulfide) groups is 1. The van der Waals surface area contributed by atoms with Crippen LogP contribution in [0.4, 0.5) is 5.88 Å². The molecule has 1 amide bonds. The van der Waals surface area contributed by atoms with Crippen molar-refractivity contribution in [2.75, 3.05) is 11.1 Å². The third kappa shape index (κ3) is 3.90. The van der Waals surface area contributed by atoms with Gasteiger partial charge >= 0.3 is 0 Å². The molecule has 7 nitrogen and oxygen atoms in total. The summed E-state index contributed by atoms with van der Waals surface area (Å²) >= 11 is 7.02. The highest BCUT2D eigenvalue weighted by atomic mass is 35.5. The van der Waals surface area contributed by atoms with Crippen LogP contribution in [0.25, 0.3) is 11.5 Å². The highest BCUT2D eigenvalue weighted by Gasteiger charge is 2.17. The maximum Gasteiger partial charge on any atom is 0.277 e. The van der Waals surface area contributed by atoms with Crippen LogP contribution in [0.1, 0.15) is 16.9 Å². The van der Waals surface area contributed by atoms with Gasteiger partial charge < -0.3 is 8.83 Å².